The van der Waals surface area contributed by atoms with Gasteiger partial charge in [0.25, 0.3) is 0 Å². The molecule has 2 rings (SSSR count). The lowest BCUT2D eigenvalue weighted by Gasteiger charge is -2.13. The van der Waals surface area contributed by atoms with Crippen LogP contribution in [0.25, 0.3) is 0 Å². The number of ether oxygens (including phenoxy) is 1. The lowest BCUT2D eigenvalue weighted by atomic mass is 9.93. The van der Waals surface area contributed by atoms with Crippen molar-refractivity contribution in [1.29, 1.82) is 5.26 Å². The fourth-order valence-corrected chi connectivity index (χ4v) is 2.58. The molecule has 0 bridgehead atoms. The summed E-state index contributed by atoms with van der Waals surface area (Å²) in [5.41, 5.74) is 1.69. The first-order valence-corrected chi connectivity index (χ1v) is 6.87. The molecule has 102 valence electrons. The Morgan fingerprint density at radius 2 is 1.80 bits per heavy atom. The molecule has 1 unspecified atom stereocenters. The Morgan fingerprint density at radius 3 is 2.40 bits per heavy atom. The zero-order chi connectivity index (χ0) is 14.5. The highest BCUT2D eigenvalue weighted by Gasteiger charge is 2.16. The Bertz CT molecular complexity index is 629. The van der Waals surface area contributed by atoms with Gasteiger partial charge in [-0.25, -0.2) is 0 Å². The number of nitriles is 1. The maximum absolute atomic E-state index is 9.41. The topological polar surface area (TPSA) is 33.0 Å². The van der Waals surface area contributed by atoms with E-state index in [2.05, 4.69) is 6.07 Å². The Balaban J connectivity index is 2.32. The van der Waals surface area contributed by atoms with E-state index in [1.165, 1.54) is 0 Å². The van der Waals surface area contributed by atoms with Crippen LogP contribution in [0.5, 0.6) is 5.75 Å². The minimum absolute atomic E-state index is 0.317. The molecule has 0 aliphatic carbocycles. The molecule has 0 fully saturated rings. The summed E-state index contributed by atoms with van der Waals surface area (Å²) >= 11 is 12.3. The average Bonchev–Trinajstić information content (AvgIpc) is 2.47. The van der Waals surface area contributed by atoms with E-state index in [1.54, 1.807) is 25.3 Å². The summed E-state index contributed by atoms with van der Waals surface area (Å²) in [7, 11) is 1.60. The number of rotatable bonds is 4. The summed E-state index contributed by atoms with van der Waals surface area (Å²) in [5.74, 6) is 0.413. The molecule has 0 radical (unpaired) electrons. The molecule has 20 heavy (non-hydrogen) atoms. The van der Waals surface area contributed by atoms with E-state index in [0.29, 0.717) is 16.5 Å². The third-order valence-electron chi connectivity index (χ3n) is 3.12. The molecule has 0 spiro atoms. The summed E-state index contributed by atoms with van der Waals surface area (Å²) < 4.78 is 5.19. The van der Waals surface area contributed by atoms with Crippen molar-refractivity contribution < 1.29 is 4.74 Å². The van der Waals surface area contributed by atoms with Crippen molar-refractivity contribution in [1.82, 2.24) is 0 Å². The first kappa shape index (κ1) is 14.7. The van der Waals surface area contributed by atoms with E-state index < -0.39 is 0 Å². The van der Waals surface area contributed by atoms with Gasteiger partial charge in [-0.2, -0.15) is 5.26 Å². The lowest BCUT2D eigenvalue weighted by molar-refractivity contribution is 0.414. The fraction of sp³-hybridized carbons (Fsp3) is 0.188. The van der Waals surface area contributed by atoms with E-state index in [9.17, 15) is 5.26 Å². The van der Waals surface area contributed by atoms with E-state index in [4.69, 9.17) is 27.9 Å². The van der Waals surface area contributed by atoms with Crippen LogP contribution in [0, 0.1) is 11.3 Å². The highest BCUT2D eigenvalue weighted by molar-refractivity contribution is 6.36. The van der Waals surface area contributed by atoms with E-state index in [-0.39, 0.29) is 5.92 Å². The molecule has 0 amide bonds. The highest BCUT2D eigenvalue weighted by Crippen LogP contribution is 2.31. The van der Waals surface area contributed by atoms with Crippen LogP contribution in [-0.2, 0) is 6.42 Å². The molecule has 0 aliphatic heterocycles. The molecular weight excluding hydrogens is 293 g/mol. The normalized spacial score (nSPS) is 11.7. The fourth-order valence-electron chi connectivity index (χ4n) is 2.03. The van der Waals surface area contributed by atoms with Crippen LogP contribution in [0.4, 0.5) is 0 Å². The van der Waals surface area contributed by atoms with E-state index in [1.807, 2.05) is 24.3 Å². The zero-order valence-corrected chi connectivity index (χ0v) is 12.4. The SMILES string of the molecule is COc1cccc(C(C#N)Cc2c(Cl)cccc2Cl)c1. The largest absolute Gasteiger partial charge is 0.497 e. The van der Waals surface area contributed by atoms with Gasteiger partial charge in [0.05, 0.1) is 19.1 Å². The van der Waals surface area contributed by atoms with Crippen molar-refractivity contribution in [3.8, 4) is 11.8 Å². The van der Waals surface area contributed by atoms with Crippen molar-refractivity contribution in [3.05, 3.63) is 63.6 Å². The molecule has 0 saturated carbocycles. The second-order valence-electron chi connectivity index (χ2n) is 4.36. The molecule has 0 saturated heterocycles. The molecule has 1 atom stereocenters. The Labute approximate surface area is 128 Å². The van der Waals surface area contributed by atoms with Gasteiger partial charge in [-0.15, -0.1) is 0 Å². The molecule has 4 heteroatoms. The van der Waals surface area contributed by atoms with Crippen molar-refractivity contribution in [2.75, 3.05) is 7.11 Å². The number of halogens is 2. The van der Waals surface area contributed by atoms with Crippen LogP contribution in [0.3, 0.4) is 0 Å². The smallest absolute Gasteiger partial charge is 0.119 e. The lowest BCUT2D eigenvalue weighted by Crippen LogP contribution is -2.02. The summed E-state index contributed by atoms with van der Waals surface area (Å²) in [6.45, 7) is 0. The molecule has 0 aliphatic rings. The van der Waals surface area contributed by atoms with Crippen LogP contribution >= 0.6 is 23.2 Å². The number of hydrogen-bond acceptors (Lipinski definition) is 2. The van der Waals surface area contributed by atoms with Crippen LogP contribution in [0.15, 0.2) is 42.5 Å². The van der Waals surface area contributed by atoms with E-state index >= 15 is 0 Å². The highest BCUT2D eigenvalue weighted by atomic mass is 35.5. The first-order valence-electron chi connectivity index (χ1n) is 6.12. The molecule has 2 aromatic rings. The third-order valence-corrected chi connectivity index (χ3v) is 3.83. The van der Waals surface area contributed by atoms with Gasteiger partial charge in [0.15, 0.2) is 0 Å². The monoisotopic (exact) mass is 305 g/mol. The van der Waals surface area contributed by atoms with Crippen LogP contribution in [0.1, 0.15) is 17.0 Å². The van der Waals surface area contributed by atoms with Gasteiger partial charge >= 0.3 is 0 Å². The summed E-state index contributed by atoms with van der Waals surface area (Å²) in [5, 5.41) is 10.6. The van der Waals surface area contributed by atoms with Gasteiger partial charge in [0.2, 0.25) is 0 Å². The molecular formula is C16H13Cl2NO. The van der Waals surface area contributed by atoms with Gasteiger partial charge in [-0.1, -0.05) is 41.4 Å². The number of hydrogen-bond donors (Lipinski definition) is 0. The average molecular weight is 306 g/mol. The number of benzene rings is 2. The van der Waals surface area contributed by atoms with Gasteiger partial charge in [0.1, 0.15) is 5.75 Å². The summed E-state index contributed by atoms with van der Waals surface area (Å²) in [6, 6.07) is 15.1. The minimum atomic E-state index is -0.317. The maximum Gasteiger partial charge on any atom is 0.119 e. The molecule has 0 aromatic heterocycles. The summed E-state index contributed by atoms with van der Waals surface area (Å²) in [4.78, 5) is 0. The molecule has 2 aromatic carbocycles. The second-order valence-corrected chi connectivity index (χ2v) is 5.18. The van der Waals surface area contributed by atoms with E-state index in [0.717, 1.165) is 16.9 Å². The number of methoxy groups -OCH3 is 1. The van der Waals surface area contributed by atoms with Gasteiger partial charge in [-0.05, 0) is 41.8 Å². The van der Waals surface area contributed by atoms with Crippen molar-refractivity contribution in [2.45, 2.75) is 12.3 Å². The van der Waals surface area contributed by atoms with Crippen molar-refractivity contribution in [2.24, 2.45) is 0 Å². The van der Waals surface area contributed by atoms with Crippen LogP contribution < -0.4 is 4.74 Å². The van der Waals surface area contributed by atoms with Crippen molar-refractivity contribution in [3.63, 3.8) is 0 Å². The molecule has 2 nitrogen and oxygen atoms in total. The van der Waals surface area contributed by atoms with Crippen LogP contribution in [-0.4, -0.2) is 7.11 Å². The van der Waals surface area contributed by atoms with Crippen molar-refractivity contribution >= 4 is 23.2 Å². The minimum Gasteiger partial charge on any atom is -0.497 e. The predicted molar refractivity (Wildman–Crippen MR) is 81.5 cm³/mol. The van der Waals surface area contributed by atoms with Gasteiger partial charge in [-0.3, -0.25) is 0 Å². The predicted octanol–water partition coefficient (Wildman–Crippen LogP) is 4.85. The van der Waals surface area contributed by atoms with Gasteiger partial charge in [0, 0.05) is 10.0 Å². The standard InChI is InChI=1S/C16H13Cl2NO/c1-20-13-5-2-4-11(8-13)12(10-19)9-14-15(17)6-3-7-16(14)18/h2-8,12H,9H2,1H3. The maximum atomic E-state index is 9.41. The second kappa shape index (κ2) is 6.65. The van der Waals surface area contributed by atoms with Crippen LogP contribution in [0.2, 0.25) is 10.0 Å². The van der Waals surface area contributed by atoms with Gasteiger partial charge < -0.3 is 4.74 Å². The third kappa shape index (κ3) is 3.25. The Morgan fingerprint density at radius 1 is 1.15 bits per heavy atom. The summed E-state index contributed by atoms with van der Waals surface area (Å²) in [6.07, 6.45) is 0.474. The molecule has 0 N–H and O–H groups in total. The first-order chi connectivity index (χ1) is 9.65. The quantitative estimate of drug-likeness (QED) is 0.808. The zero-order valence-electron chi connectivity index (χ0n) is 10.9. The Hall–Kier alpha value is -1.69. The number of nitrogens with zero attached hydrogens (tertiary/aromatic N) is 1. The molecule has 0 heterocycles. The Kier molecular flexibility index (Phi) is 4.89.